The molecule has 5 heteroatoms. The van der Waals surface area contributed by atoms with Crippen LogP contribution in [0.2, 0.25) is 0 Å². The highest BCUT2D eigenvalue weighted by Gasteiger charge is 2.24. The van der Waals surface area contributed by atoms with Gasteiger partial charge in [0.05, 0.1) is 5.69 Å². The lowest BCUT2D eigenvalue weighted by Crippen LogP contribution is -2.39. The monoisotopic (exact) mass is 291 g/mol. The van der Waals surface area contributed by atoms with Crippen LogP contribution in [0, 0.1) is 5.92 Å². The van der Waals surface area contributed by atoms with Crippen molar-refractivity contribution in [3.8, 4) is 0 Å². The van der Waals surface area contributed by atoms with Crippen LogP contribution in [-0.2, 0) is 0 Å². The quantitative estimate of drug-likeness (QED) is 0.939. The van der Waals surface area contributed by atoms with E-state index in [9.17, 15) is 4.79 Å². The van der Waals surface area contributed by atoms with Crippen LogP contribution in [0.4, 0.5) is 5.69 Å². The van der Waals surface area contributed by atoms with Crippen molar-refractivity contribution < 1.29 is 4.79 Å². The van der Waals surface area contributed by atoms with Crippen LogP contribution in [0.15, 0.2) is 18.3 Å². The molecule has 0 bridgehead atoms. The Morgan fingerprint density at radius 3 is 2.65 bits per heavy atom. The molecule has 4 nitrogen and oxygen atoms in total. The summed E-state index contributed by atoms with van der Waals surface area (Å²) in [7, 11) is 0. The lowest BCUT2D eigenvalue weighted by molar-refractivity contribution is 0.0688. The van der Waals surface area contributed by atoms with E-state index < -0.39 is 0 Å². The Bertz CT molecular complexity index is 619. The third-order valence-corrected chi connectivity index (χ3v) is 4.26. The van der Waals surface area contributed by atoms with Gasteiger partial charge in [-0.1, -0.05) is 13.8 Å². The molecule has 2 N–H and O–H groups in total. The van der Waals surface area contributed by atoms with Crippen molar-refractivity contribution >= 4 is 33.1 Å². The van der Waals surface area contributed by atoms with Crippen LogP contribution in [0.1, 0.15) is 37.4 Å². The Kier molecular flexibility index (Phi) is 4.28. The summed E-state index contributed by atoms with van der Waals surface area (Å²) in [4.78, 5) is 20.3. The van der Waals surface area contributed by atoms with Crippen molar-refractivity contribution in [3.05, 3.63) is 23.2 Å². The molecule has 2 rings (SSSR count). The molecule has 0 aliphatic heterocycles. The molecule has 2 heterocycles. The Labute approximate surface area is 123 Å². The van der Waals surface area contributed by atoms with Crippen molar-refractivity contribution in [1.29, 1.82) is 0 Å². The average Bonchev–Trinajstić information content (AvgIpc) is 2.73. The highest BCUT2D eigenvalue weighted by molar-refractivity contribution is 7.21. The number of thiophene rings is 1. The third-order valence-electron chi connectivity index (χ3n) is 3.14. The largest absolute Gasteiger partial charge is 0.397 e. The van der Waals surface area contributed by atoms with Crippen molar-refractivity contribution in [3.63, 3.8) is 0 Å². The molecule has 0 saturated heterocycles. The number of aromatic nitrogens is 1. The Morgan fingerprint density at radius 1 is 1.40 bits per heavy atom. The standard InChI is InChI=1S/C15H21N3OS/c1-9(2)8-18(10(3)4)15(19)13-12(16)11-6-5-7-17-14(11)20-13/h5-7,9-10H,8,16H2,1-4H3. The van der Waals surface area contributed by atoms with Gasteiger partial charge in [-0.2, -0.15) is 0 Å². The van der Waals surface area contributed by atoms with Crippen molar-refractivity contribution in [2.75, 3.05) is 12.3 Å². The molecule has 0 aliphatic rings. The highest BCUT2D eigenvalue weighted by atomic mass is 32.1. The van der Waals surface area contributed by atoms with Crippen molar-refractivity contribution in [2.24, 2.45) is 5.92 Å². The van der Waals surface area contributed by atoms with E-state index in [1.165, 1.54) is 11.3 Å². The van der Waals surface area contributed by atoms with Gasteiger partial charge >= 0.3 is 0 Å². The number of carbonyl (C=O) groups excluding carboxylic acids is 1. The van der Waals surface area contributed by atoms with Gasteiger partial charge in [0.25, 0.3) is 5.91 Å². The fourth-order valence-corrected chi connectivity index (χ4v) is 3.18. The second-order valence-electron chi connectivity index (χ2n) is 5.65. The van der Waals surface area contributed by atoms with Gasteiger partial charge in [0.1, 0.15) is 9.71 Å². The summed E-state index contributed by atoms with van der Waals surface area (Å²) in [5.41, 5.74) is 6.68. The number of hydrogen-bond acceptors (Lipinski definition) is 4. The van der Waals surface area contributed by atoms with E-state index in [1.807, 2.05) is 30.9 Å². The summed E-state index contributed by atoms with van der Waals surface area (Å²) in [5, 5.41) is 0.870. The highest BCUT2D eigenvalue weighted by Crippen LogP contribution is 2.33. The summed E-state index contributed by atoms with van der Waals surface area (Å²) in [6, 6.07) is 3.91. The number of carbonyl (C=O) groups is 1. The minimum atomic E-state index is 0.00852. The van der Waals surface area contributed by atoms with E-state index in [1.54, 1.807) is 6.20 Å². The van der Waals surface area contributed by atoms with Gasteiger partial charge in [-0.15, -0.1) is 11.3 Å². The molecule has 0 saturated carbocycles. The molecule has 0 atom stereocenters. The molecule has 0 aromatic carbocycles. The van der Waals surface area contributed by atoms with E-state index in [0.717, 1.165) is 16.8 Å². The number of pyridine rings is 1. The SMILES string of the molecule is CC(C)CN(C(=O)c1sc2ncccc2c1N)C(C)C. The third kappa shape index (κ3) is 2.77. The van der Waals surface area contributed by atoms with Gasteiger partial charge in [-0.25, -0.2) is 4.98 Å². The first-order chi connectivity index (χ1) is 9.41. The first-order valence-electron chi connectivity index (χ1n) is 6.85. The number of anilines is 1. The number of rotatable bonds is 4. The normalized spacial score (nSPS) is 11.5. The summed E-state index contributed by atoms with van der Waals surface area (Å²) in [6.45, 7) is 9.01. The molecule has 20 heavy (non-hydrogen) atoms. The number of nitrogens with two attached hydrogens (primary N) is 1. The second kappa shape index (κ2) is 5.79. The zero-order chi connectivity index (χ0) is 14.9. The van der Waals surface area contributed by atoms with Crippen molar-refractivity contribution in [1.82, 2.24) is 9.88 Å². The zero-order valence-electron chi connectivity index (χ0n) is 12.4. The maximum absolute atomic E-state index is 12.7. The van der Waals surface area contributed by atoms with Gasteiger partial charge in [0, 0.05) is 24.2 Å². The van der Waals surface area contributed by atoms with E-state index >= 15 is 0 Å². The second-order valence-corrected chi connectivity index (χ2v) is 6.65. The van der Waals surface area contributed by atoms with Crippen LogP contribution in [0.3, 0.4) is 0 Å². The van der Waals surface area contributed by atoms with E-state index in [4.69, 9.17) is 5.73 Å². The number of hydrogen-bond donors (Lipinski definition) is 1. The molecule has 2 aromatic rings. The topological polar surface area (TPSA) is 59.2 Å². The van der Waals surface area contributed by atoms with Gasteiger partial charge < -0.3 is 10.6 Å². The van der Waals surface area contributed by atoms with E-state index in [2.05, 4.69) is 18.8 Å². The Balaban J connectivity index is 2.41. The van der Waals surface area contributed by atoms with Crippen LogP contribution >= 0.6 is 11.3 Å². The predicted molar refractivity (Wildman–Crippen MR) is 85.0 cm³/mol. The van der Waals surface area contributed by atoms with Crippen LogP contribution in [0.5, 0.6) is 0 Å². The summed E-state index contributed by atoms with van der Waals surface area (Å²) < 4.78 is 0. The number of amides is 1. The first-order valence-corrected chi connectivity index (χ1v) is 7.67. The fraction of sp³-hybridized carbons (Fsp3) is 0.467. The summed E-state index contributed by atoms with van der Waals surface area (Å²) in [6.07, 6.45) is 1.72. The first kappa shape index (κ1) is 14.8. The fourth-order valence-electron chi connectivity index (χ4n) is 2.16. The lowest BCUT2D eigenvalue weighted by atomic mass is 10.1. The van der Waals surface area contributed by atoms with E-state index in [0.29, 0.717) is 16.5 Å². The van der Waals surface area contributed by atoms with Crippen LogP contribution in [-0.4, -0.2) is 28.4 Å². The van der Waals surface area contributed by atoms with Gasteiger partial charge in [0.15, 0.2) is 0 Å². The zero-order valence-corrected chi connectivity index (χ0v) is 13.2. The molecular formula is C15H21N3OS. The predicted octanol–water partition coefficient (Wildman–Crippen LogP) is 3.39. The molecule has 1 amide bonds. The minimum absolute atomic E-state index is 0.00852. The molecule has 108 valence electrons. The number of nitrogens with zero attached hydrogens (tertiary/aromatic N) is 2. The summed E-state index contributed by atoms with van der Waals surface area (Å²) >= 11 is 1.38. The molecule has 0 aliphatic carbocycles. The average molecular weight is 291 g/mol. The van der Waals surface area contributed by atoms with Crippen LogP contribution in [0.25, 0.3) is 10.2 Å². The smallest absolute Gasteiger partial charge is 0.266 e. The molecule has 0 radical (unpaired) electrons. The maximum Gasteiger partial charge on any atom is 0.266 e. The molecule has 0 unspecified atom stereocenters. The number of fused-ring (bicyclic) bond motifs is 1. The lowest BCUT2D eigenvalue weighted by Gasteiger charge is -2.28. The van der Waals surface area contributed by atoms with Gasteiger partial charge in [-0.3, -0.25) is 4.79 Å². The molecular weight excluding hydrogens is 270 g/mol. The Hall–Kier alpha value is -1.62. The number of nitrogen functional groups attached to an aromatic ring is 1. The minimum Gasteiger partial charge on any atom is -0.397 e. The summed E-state index contributed by atoms with van der Waals surface area (Å²) in [5.74, 6) is 0.435. The van der Waals surface area contributed by atoms with E-state index in [-0.39, 0.29) is 11.9 Å². The maximum atomic E-state index is 12.7. The molecule has 0 spiro atoms. The van der Waals surface area contributed by atoms with Gasteiger partial charge in [0.2, 0.25) is 0 Å². The molecule has 2 aromatic heterocycles. The van der Waals surface area contributed by atoms with Gasteiger partial charge in [-0.05, 0) is 31.9 Å². The van der Waals surface area contributed by atoms with Crippen molar-refractivity contribution in [2.45, 2.75) is 33.7 Å². The van der Waals surface area contributed by atoms with Crippen LogP contribution < -0.4 is 5.73 Å². The Morgan fingerprint density at radius 2 is 2.10 bits per heavy atom. The molecule has 0 fully saturated rings.